The highest BCUT2D eigenvalue weighted by atomic mass is 16.3. The third-order valence-corrected chi connectivity index (χ3v) is 4.53. The molecule has 0 fully saturated rings. The van der Waals surface area contributed by atoms with Gasteiger partial charge in [-0.05, 0) is 38.5 Å². The third-order valence-electron chi connectivity index (χ3n) is 4.53. The average molecular weight is 348 g/mol. The van der Waals surface area contributed by atoms with E-state index >= 15 is 0 Å². The van der Waals surface area contributed by atoms with Gasteiger partial charge >= 0.3 is 0 Å². The van der Waals surface area contributed by atoms with E-state index in [-0.39, 0.29) is 6.61 Å². The summed E-state index contributed by atoms with van der Waals surface area (Å²) in [6, 6.07) is 0. The maximum absolute atomic E-state index is 9.05. The molecule has 142 valence electrons. The predicted molar refractivity (Wildman–Crippen MR) is 109 cm³/mol. The van der Waals surface area contributed by atoms with E-state index in [1.54, 1.807) is 0 Å². The van der Waals surface area contributed by atoms with E-state index in [4.69, 9.17) is 5.11 Å². The highest BCUT2D eigenvalue weighted by Gasteiger charge is 2.19. The standard InChI is InChI=1S/C22H38N2O/c1-2-3-4-5-6-7-8-9-10-11-12-13-14-15-16-17-22-23-18-19-24(22)20-21-25/h3-4,6-7,9-10,25H,2,5,8,11-21H2,1H3/p+1/b4-3+,7-6+,10-9+. The molecule has 0 atom stereocenters. The first-order valence-electron chi connectivity index (χ1n) is 10.3. The van der Waals surface area contributed by atoms with E-state index in [9.17, 15) is 0 Å². The molecule has 0 amide bonds. The number of hydrogen-bond donors (Lipinski definition) is 2. The second kappa shape index (κ2) is 16.1. The zero-order valence-electron chi connectivity index (χ0n) is 16.3. The van der Waals surface area contributed by atoms with Crippen LogP contribution < -0.4 is 5.32 Å². The van der Waals surface area contributed by atoms with E-state index in [0.29, 0.717) is 0 Å². The van der Waals surface area contributed by atoms with Crippen molar-refractivity contribution in [2.45, 2.75) is 71.1 Å². The first-order valence-corrected chi connectivity index (χ1v) is 10.3. The molecular weight excluding hydrogens is 308 g/mol. The van der Waals surface area contributed by atoms with Gasteiger partial charge in [-0.3, -0.25) is 9.89 Å². The Labute approximate surface area is 155 Å². The average Bonchev–Trinajstić information content (AvgIpc) is 3.06. The zero-order valence-corrected chi connectivity index (χ0v) is 16.3. The number of nitrogens with zero attached hydrogens (tertiary/aromatic N) is 1. The van der Waals surface area contributed by atoms with Gasteiger partial charge < -0.3 is 5.11 Å². The number of hydrogen-bond acceptors (Lipinski definition) is 2. The number of β-amino-alcohol motifs (C(OH)–C–C–N with tert-alkyl or cyclic N) is 1. The molecule has 0 unspecified atom stereocenters. The largest absolute Gasteiger partial charge is 0.392 e. The maximum atomic E-state index is 9.05. The van der Waals surface area contributed by atoms with E-state index in [1.165, 1.54) is 44.4 Å². The molecule has 1 aliphatic heterocycles. The van der Waals surface area contributed by atoms with E-state index < -0.39 is 0 Å². The van der Waals surface area contributed by atoms with Crippen LogP contribution in [0.5, 0.6) is 0 Å². The fourth-order valence-corrected chi connectivity index (χ4v) is 3.11. The lowest BCUT2D eigenvalue weighted by Gasteiger charge is -2.03. The summed E-state index contributed by atoms with van der Waals surface area (Å²) in [7, 11) is 0. The van der Waals surface area contributed by atoms with Crippen molar-refractivity contribution in [1.82, 2.24) is 5.32 Å². The number of unbranched alkanes of at least 4 members (excludes halogenated alkanes) is 5. The van der Waals surface area contributed by atoms with E-state index in [0.717, 1.165) is 45.3 Å². The van der Waals surface area contributed by atoms with Crippen molar-refractivity contribution in [2.75, 3.05) is 26.2 Å². The Balaban J connectivity index is 1.91. The summed E-state index contributed by atoms with van der Waals surface area (Å²) < 4.78 is 2.29. The van der Waals surface area contributed by atoms with Gasteiger partial charge in [0, 0.05) is 6.42 Å². The molecule has 0 aromatic heterocycles. The predicted octanol–water partition coefficient (Wildman–Crippen LogP) is 4.58. The lowest BCUT2D eigenvalue weighted by atomic mass is 10.1. The zero-order chi connectivity index (χ0) is 18.0. The van der Waals surface area contributed by atoms with Crippen LogP contribution in [0, 0.1) is 0 Å². The highest BCUT2D eigenvalue weighted by molar-refractivity contribution is 5.78. The molecule has 3 heteroatoms. The van der Waals surface area contributed by atoms with Crippen LogP contribution in [0.2, 0.25) is 0 Å². The molecule has 0 spiro atoms. The molecule has 1 rings (SSSR count). The molecule has 0 bridgehead atoms. The summed E-state index contributed by atoms with van der Waals surface area (Å²) in [6.45, 7) is 5.28. The Bertz CT molecular complexity index is 435. The van der Waals surface area contributed by atoms with Crippen LogP contribution in [-0.2, 0) is 0 Å². The third kappa shape index (κ3) is 11.8. The summed E-state index contributed by atoms with van der Waals surface area (Å²) in [5.74, 6) is 1.34. The number of allylic oxidation sites excluding steroid dienone is 6. The van der Waals surface area contributed by atoms with Crippen molar-refractivity contribution in [3.8, 4) is 0 Å². The molecule has 1 aliphatic rings. The fourth-order valence-electron chi connectivity index (χ4n) is 3.11. The Morgan fingerprint density at radius 1 is 0.920 bits per heavy atom. The summed E-state index contributed by atoms with van der Waals surface area (Å²) >= 11 is 0. The van der Waals surface area contributed by atoms with E-state index in [1.807, 2.05) is 0 Å². The molecule has 0 radical (unpaired) electrons. The molecule has 0 aliphatic carbocycles. The SMILES string of the molecule is CC/C=C/C/C=C/C/C=C/CCCCCCCC1=[N+](CCO)CCN1. The Morgan fingerprint density at radius 2 is 1.60 bits per heavy atom. The van der Waals surface area contributed by atoms with Gasteiger partial charge in [0.2, 0.25) is 5.84 Å². The van der Waals surface area contributed by atoms with E-state index in [2.05, 4.69) is 53.3 Å². The van der Waals surface area contributed by atoms with Crippen LogP contribution in [0.4, 0.5) is 0 Å². The van der Waals surface area contributed by atoms with Crippen molar-refractivity contribution in [3.63, 3.8) is 0 Å². The van der Waals surface area contributed by atoms with Gasteiger partial charge in [0.05, 0.1) is 6.61 Å². The maximum Gasteiger partial charge on any atom is 0.245 e. The quantitative estimate of drug-likeness (QED) is 0.258. The van der Waals surface area contributed by atoms with Crippen LogP contribution in [0.25, 0.3) is 0 Å². The highest BCUT2D eigenvalue weighted by Crippen LogP contribution is 2.09. The van der Waals surface area contributed by atoms with Gasteiger partial charge in [0.25, 0.3) is 0 Å². The lowest BCUT2D eigenvalue weighted by Crippen LogP contribution is -2.24. The lowest BCUT2D eigenvalue weighted by molar-refractivity contribution is -0.521. The molecule has 3 nitrogen and oxygen atoms in total. The number of nitrogens with one attached hydrogen (secondary N) is 1. The number of amidine groups is 1. The van der Waals surface area contributed by atoms with Gasteiger partial charge in [0.1, 0.15) is 19.6 Å². The summed E-state index contributed by atoms with van der Waals surface area (Å²) in [4.78, 5) is 0. The number of aliphatic hydroxyl groups is 1. The molecule has 0 aromatic rings. The van der Waals surface area contributed by atoms with Gasteiger partial charge in [-0.2, -0.15) is 0 Å². The van der Waals surface area contributed by atoms with Crippen LogP contribution in [-0.4, -0.2) is 41.8 Å². The van der Waals surface area contributed by atoms with Crippen LogP contribution in [0.1, 0.15) is 71.1 Å². The minimum Gasteiger partial charge on any atom is -0.392 e. The van der Waals surface area contributed by atoms with Gasteiger partial charge in [-0.1, -0.05) is 62.6 Å². The number of rotatable bonds is 15. The second-order valence-electron chi connectivity index (χ2n) is 6.68. The Morgan fingerprint density at radius 3 is 2.36 bits per heavy atom. The summed E-state index contributed by atoms with van der Waals surface area (Å²) in [5.41, 5.74) is 0. The molecular formula is C22H39N2O+. The molecule has 0 aromatic carbocycles. The van der Waals surface area contributed by atoms with Crippen molar-refractivity contribution < 1.29 is 9.68 Å². The minimum atomic E-state index is 0.254. The molecule has 0 saturated carbocycles. The first-order chi connectivity index (χ1) is 12.4. The number of aliphatic hydroxyl groups excluding tert-OH is 1. The summed E-state index contributed by atoms with van der Waals surface area (Å²) in [5, 5.41) is 12.5. The fraction of sp³-hybridized carbons (Fsp3) is 0.682. The van der Waals surface area contributed by atoms with Crippen LogP contribution in [0.3, 0.4) is 0 Å². The van der Waals surface area contributed by atoms with Crippen LogP contribution in [0.15, 0.2) is 36.5 Å². The van der Waals surface area contributed by atoms with Crippen molar-refractivity contribution >= 4 is 5.84 Å². The Hall–Kier alpha value is -1.35. The first kappa shape index (κ1) is 21.7. The smallest absolute Gasteiger partial charge is 0.245 e. The molecule has 0 saturated heterocycles. The van der Waals surface area contributed by atoms with Crippen molar-refractivity contribution in [1.29, 1.82) is 0 Å². The topological polar surface area (TPSA) is 35.3 Å². The van der Waals surface area contributed by atoms with Crippen molar-refractivity contribution in [2.24, 2.45) is 0 Å². The summed E-state index contributed by atoms with van der Waals surface area (Å²) in [6.07, 6.45) is 25.7. The molecule has 1 heterocycles. The molecule has 25 heavy (non-hydrogen) atoms. The normalized spacial score (nSPS) is 15.3. The van der Waals surface area contributed by atoms with Crippen LogP contribution >= 0.6 is 0 Å². The minimum absolute atomic E-state index is 0.254. The second-order valence-corrected chi connectivity index (χ2v) is 6.68. The Kier molecular flexibility index (Phi) is 14.0. The molecule has 2 N–H and O–H groups in total. The van der Waals surface area contributed by atoms with Gasteiger partial charge in [0.15, 0.2) is 0 Å². The van der Waals surface area contributed by atoms with Crippen molar-refractivity contribution in [3.05, 3.63) is 36.5 Å². The van der Waals surface area contributed by atoms with Gasteiger partial charge in [-0.15, -0.1) is 0 Å². The van der Waals surface area contributed by atoms with Gasteiger partial charge in [-0.25, -0.2) is 0 Å². The monoisotopic (exact) mass is 347 g/mol.